The summed E-state index contributed by atoms with van der Waals surface area (Å²) in [5.74, 6) is 0.905. The summed E-state index contributed by atoms with van der Waals surface area (Å²) in [6.45, 7) is 11.9. The van der Waals surface area contributed by atoms with Gasteiger partial charge >= 0.3 is 0 Å². The van der Waals surface area contributed by atoms with Crippen molar-refractivity contribution >= 4 is 11.9 Å². The fourth-order valence-electron chi connectivity index (χ4n) is 1.71. The van der Waals surface area contributed by atoms with Gasteiger partial charge < -0.3 is 15.5 Å². The van der Waals surface area contributed by atoms with Crippen molar-refractivity contribution < 1.29 is 4.79 Å². The van der Waals surface area contributed by atoms with Gasteiger partial charge in [-0.1, -0.05) is 6.08 Å². The molecule has 0 saturated carbocycles. The van der Waals surface area contributed by atoms with Gasteiger partial charge in [-0.05, 0) is 33.6 Å². The van der Waals surface area contributed by atoms with Crippen molar-refractivity contribution in [1.82, 2.24) is 15.5 Å². The molecule has 20 heavy (non-hydrogen) atoms. The average molecular weight is 282 g/mol. The molecule has 0 aromatic carbocycles. The number of unbranched alkanes of at least 4 members (excludes halogenated alkanes) is 1. The Bertz CT molecular complexity index is 313. The summed E-state index contributed by atoms with van der Waals surface area (Å²) in [5, 5.41) is 6.11. The number of allylic oxidation sites excluding steroid dienone is 1. The van der Waals surface area contributed by atoms with Crippen LogP contribution in [0, 0.1) is 0 Å². The SMILES string of the molecule is C=CCCCN(C)C(=NCCC(=O)NC(C)C)NCC. The van der Waals surface area contributed by atoms with E-state index in [-0.39, 0.29) is 11.9 Å². The lowest BCUT2D eigenvalue weighted by Gasteiger charge is -2.21. The zero-order chi connectivity index (χ0) is 15.4. The Hall–Kier alpha value is -1.52. The van der Waals surface area contributed by atoms with E-state index in [9.17, 15) is 4.79 Å². The molecule has 0 spiro atoms. The maximum atomic E-state index is 11.5. The Morgan fingerprint density at radius 1 is 1.45 bits per heavy atom. The molecule has 0 aliphatic rings. The van der Waals surface area contributed by atoms with Gasteiger partial charge in [0.15, 0.2) is 5.96 Å². The van der Waals surface area contributed by atoms with Crippen LogP contribution in [-0.4, -0.2) is 49.5 Å². The highest BCUT2D eigenvalue weighted by atomic mass is 16.1. The van der Waals surface area contributed by atoms with Gasteiger partial charge in [-0.3, -0.25) is 9.79 Å². The fraction of sp³-hybridized carbons (Fsp3) is 0.733. The van der Waals surface area contributed by atoms with Gasteiger partial charge in [0.25, 0.3) is 0 Å². The molecule has 0 atom stereocenters. The zero-order valence-corrected chi connectivity index (χ0v) is 13.4. The minimum Gasteiger partial charge on any atom is -0.357 e. The second kappa shape index (κ2) is 11.3. The van der Waals surface area contributed by atoms with E-state index in [0.29, 0.717) is 13.0 Å². The van der Waals surface area contributed by atoms with Crippen molar-refractivity contribution in [2.75, 3.05) is 26.7 Å². The van der Waals surface area contributed by atoms with Crippen molar-refractivity contribution in [1.29, 1.82) is 0 Å². The summed E-state index contributed by atoms with van der Waals surface area (Å²) in [4.78, 5) is 18.1. The second-order valence-corrected chi connectivity index (χ2v) is 5.06. The molecule has 0 aliphatic heterocycles. The first kappa shape index (κ1) is 18.5. The van der Waals surface area contributed by atoms with Crippen molar-refractivity contribution in [2.24, 2.45) is 4.99 Å². The maximum absolute atomic E-state index is 11.5. The highest BCUT2D eigenvalue weighted by molar-refractivity contribution is 5.80. The van der Waals surface area contributed by atoms with E-state index in [2.05, 4.69) is 27.1 Å². The molecule has 0 bridgehead atoms. The molecule has 0 rings (SSSR count). The highest BCUT2D eigenvalue weighted by Gasteiger charge is 2.06. The summed E-state index contributed by atoms with van der Waals surface area (Å²) in [6, 6.07) is 0.182. The van der Waals surface area contributed by atoms with Crippen molar-refractivity contribution in [2.45, 2.75) is 46.1 Å². The van der Waals surface area contributed by atoms with Gasteiger partial charge in [-0.15, -0.1) is 6.58 Å². The lowest BCUT2D eigenvalue weighted by atomic mass is 10.3. The average Bonchev–Trinajstić information content (AvgIpc) is 2.37. The number of carbonyl (C=O) groups is 1. The molecule has 0 fully saturated rings. The lowest BCUT2D eigenvalue weighted by Crippen LogP contribution is -2.39. The molecule has 0 aromatic heterocycles. The van der Waals surface area contributed by atoms with Crippen LogP contribution in [-0.2, 0) is 4.79 Å². The summed E-state index contributed by atoms with van der Waals surface area (Å²) in [6.07, 6.45) is 4.40. The van der Waals surface area contributed by atoms with E-state index in [1.807, 2.05) is 33.9 Å². The number of nitrogens with zero attached hydrogens (tertiary/aromatic N) is 2. The van der Waals surface area contributed by atoms with E-state index in [1.165, 1.54) is 0 Å². The molecule has 116 valence electrons. The molecular weight excluding hydrogens is 252 g/mol. The van der Waals surface area contributed by atoms with Gasteiger partial charge in [0, 0.05) is 32.6 Å². The number of nitrogens with one attached hydrogen (secondary N) is 2. The molecule has 0 heterocycles. The molecule has 5 heteroatoms. The largest absolute Gasteiger partial charge is 0.357 e. The van der Waals surface area contributed by atoms with Crippen LogP contribution in [0.2, 0.25) is 0 Å². The van der Waals surface area contributed by atoms with Crippen molar-refractivity contribution in [3.8, 4) is 0 Å². The first-order valence-electron chi connectivity index (χ1n) is 7.41. The highest BCUT2D eigenvalue weighted by Crippen LogP contribution is 1.95. The van der Waals surface area contributed by atoms with Gasteiger partial charge in [-0.2, -0.15) is 0 Å². The smallest absolute Gasteiger partial charge is 0.222 e. The van der Waals surface area contributed by atoms with Gasteiger partial charge in [0.2, 0.25) is 5.91 Å². The molecule has 1 amide bonds. The molecular formula is C15H30N4O. The number of hydrogen-bond acceptors (Lipinski definition) is 2. The third-order valence-electron chi connectivity index (χ3n) is 2.65. The number of aliphatic imine (C=N–C) groups is 1. The Balaban J connectivity index is 4.24. The predicted octanol–water partition coefficient (Wildman–Crippen LogP) is 1.76. The Morgan fingerprint density at radius 2 is 2.15 bits per heavy atom. The van der Waals surface area contributed by atoms with Crippen molar-refractivity contribution in [3.05, 3.63) is 12.7 Å². The summed E-state index contributed by atoms with van der Waals surface area (Å²) >= 11 is 0. The summed E-state index contributed by atoms with van der Waals surface area (Å²) < 4.78 is 0. The van der Waals surface area contributed by atoms with Crippen molar-refractivity contribution in [3.63, 3.8) is 0 Å². The molecule has 0 aromatic rings. The number of hydrogen-bond donors (Lipinski definition) is 2. The molecule has 2 N–H and O–H groups in total. The molecule has 0 radical (unpaired) electrons. The Labute approximate surface area is 123 Å². The second-order valence-electron chi connectivity index (χ2n) is 5.06. The Kier molecular flexibility index (Phi) is 10.5. The van der Waals surface area contributed by atoms with Crippen LogP contribution in [0.3, 0.4) is 0 Å². The quantitative estimate of drug-likeness (QED) is 0.293. The molecule has 5 nitrogen and oxygen atoms in total. The van der Waals surface area contributed by atoms with Crippen LogP contribution < -0.4 is 10.6 Å². The third-order valence-corrected chi connectivity index (χ3v) is 2.65. The Morgan fingerprint density at radius 3 is 2.70 bits per heavy atom. The van der Waals surface area contributed by atoms with E-state index in [4.69, 9.17) is 0 Å². The van der Waals surface area contributed by atoms with E-state index in [1.54, 1.807) is 0 Å². The predicted molar refractivity (Wildman–Crippen MR) is 85.9 cm³/mol. The molecule has 0 unspecified atom stereocenters. The first-order valence-corrected chi connectivity index (χ1v) is 7.41. The zero-order valence-electron chi connectivity index (χ0n) is 13.4. The molecule has 0 saturated heterocycles. The fourth-order valence-corrected chi connectivity index (χ4v) is 1.71. The van der Waals surface area contributed by atoms with Crippen LogP contribution in [0.25, 0.3) is 0 Å². The van der Waals surface area contributed by atoms with E-state index in [0.717, 1.165) is 31.9 Å². The first-order chi connectivity index (χ1) is 9.51. The van der Waals surface area contributed by atoms with Gasteiger partial charge in [0.05, 0.1) is 6.54 Å². The monoisotopic (exact) mass is 282 g/mol. The number of rotatable bonds is 9. The third kappa shape index (κ3) is 9.42. The number of carbonyl (C=O) groups excluding carboxylic acids is 1. The van der Waals surface area contributed by atoms with Crippen LogP contribution in [0.15, 0.2) is 17.6 Å². The van der Waals surface area contributed by atoms with Gasteiger partial charge in [-0.25, -0.2) is 0 Å². The maximum Gasteiger partial charge on any atom is 0.222 e. The standard InChI is InChI=1S/C15H30N4O/c1-6-8-9-12-19(5)15(16-7-2)17-11-10-14(20)18-13(3)4/h6,13H,1,7-12H2,2-5H3,(H,16,17)(H,18,20). The summed E-state index contributed by atoms with van der Waals surface area (Å²) in [7, 11) is 2.01. The number of guanidine groups is 1. The van der Waals surface area contributed by atoms with Crippen LogP contribution >= 0.6 is 0 Å². The lowest BCUT2D eigenvalue weighted by molar-refractivity contribution is -0.121. The molecule has 0 aliphatic carbocycles. The normalized spacial score (nSPS) is 11.3. The van der Waals surface area contributed by atoms with Crippen LogP contribution in [0.5, 0.6) is 0 Å². The topological polar surface area (TPSA) is 56.7 Å². The van der Waals surface area contributed by atoms with E-state index < -0.39 is 0 Å². The van der Waals surface area contributed by atoms with E-state index >= 15 is 0 Å². The minimum absolute atomic E-state index is 0.0499. The number of amides is 1. The van der Waals surface area contributed by atoms with Crippen LogP contribution in [0.4, 0.5) is 0 Å². The van der Waals surface area contributed by atoms with Crippen LogP contribution in [0.1, 0.15) is 40.0 Å². The van der Waals surface area contributed by atoms with Gasteiger partial charge in [0.1, 0.15) is 0 Å². The minimum atomic E-state index is 0.0499. The summed E-state index contributed by atoms with van der Waals surface area (Å²) in [5.41, 5.74) is 0.